The van der Waals surface area contributed by atoms with Crippen LogP contribution in [0.15, 0.2) is 24.3 Å². The van der Waals surface area contributed by atoms with E-state index in [2.05, 4.69) is 46.7 Å². The Bertz CT molecular complexity index is 579. The molecule has 3 nitrogen and oxygen atoms in total. The zero-order valence-electron chi connectivity index (χ0n) is 12.2. The maximum atomic E-state index is 5.96. The first-order chi connectivity index (χ1) is 9.61. The molecule has 1 N–H and O–H groups in total. The van der Waals surface area contributed by atoms with Gasteiger partial charge in [0.2, 0.25) is 0 Å². The monoisotopic (exact) mass is 289 g/mol. The normalized spacial score (nSPS) is 10.6. The largest absolute Gasteiger partial charge is 0.339 e. The second kappa shape index (κ2) is 6.71. The number of anilines is 2. The number of halogens is 1. The van der Waals surface area contributed by atoms with Gasteiger partial charge in [-0.05, 0) is 55.5 Å². The van der Waals surface area contributed by atoms with Gasteiger partial charge in [-0.2, -0.15) is 0 Å². The molecular formula is C16H20ClN3. The lowest BCUT2D eigenvalue weighted by molar-refractivity contribution is 0.795. The molecule has 0 atom stereocenters. The van der Waals surface area contributed by atoms with Crippen molar-refractivity contribution in [3.05, 3.63) is 46.1 Å². The Hall–Kier alpha value is -1.61. The number of aryl methyl sites for hydroxylation is 1. The molecule has 0 aliphatic heterocycles. The number of rotatable bonds is 5. The third-order valence-electron chi connectivity index (χ3n) is 3.50. The first-order valence-corrected chi connectivity index (χ1v) is 7.35. The summed E-state index contributed by atoms with van der Waals surface area (Å²) in [5.74, 6) is 0.758. The predicted octanol–water partition coefficient (Wildman–Crippen LogP) is 4.83. The number of hydrogen-bond acceptors (Lipinski definition) is 3. The SMILES string of the molecule is CCCCc1ccc(Nc2nnc(Cl)c(C)c2C)cc1. The van der Waals surface area contributed by atoms with Crippen LogP contribution in [-0.2, 0) is 6.42 Å². The second-order valence-corrected chi connectivity index (χ2v) is 5.37. The fourth-order valence-corrected chi connectivity index (χ4v) is 2.15. The van der Waals surface area contributed by atoms with Crippen molar-refractivity contribution in [3.63, 3.8) is 0 Å². The number of nitrogens with one attached hydrogen (secondary N) is 1. The van der Waals surface area contributed by atoms with Crippen molar-refractivity contribution in [3.8, 4) is 0 Å². The maximum Gasteiger partial charge on any atom is 0.156 e. The molecule has 20 heavy (non-hydrogen) atoms. The van der Waals surface area contributed by atoms with Gasteiger partial charge in [-0.1, -0.05) is 37.1 Å². The van der Waals surface area contributed by atoms with Crippen LogP contribution in [0.2, 0.25) is 5.15 Å². The third-order valence-corrected chi connectivity index (χ3v) is 3.86. The van der Waals surface area contributed by atoms with Crippen molar-refractivity contribution in [2.75, 3.05) is 5.32 Å². The molecule has 106 valence electrons. The molecule has 4 heteroatoms. The standard InChI is InChI=1S/C16H20ClN3/c1-4-5-6-13-7-9-14(10-8-13)18-16-12(3)11(2)15(17)19-20-16/h7-10H,4-6H2,1-3H3,(H,18,20). The summed E-state index contributed by atoms with van der Waals surface area (Å²) in [7, 11) is 0. The molecule has 2 aromatic rings. The maximum absolute atomic E-state index is 5.96. The van der Waals surface area contributed by atoms with Crippen LogP contribution in [0.3, 0.4) is 0 Å². The summed E-state index contributed by atoms with van der Waals surface area (Å²) in [4.78, 5) is 0. The fraction of sp³-hybridized carbons (Fsp3) is 0.375. The number of aromatic nitrogens is 2. The number of benzene rings is 1. The highest BCUT2D eigenvalue weighted by atomic mass is 35.5. The lowest BCUT2D eigenvalue weighted by atomic mass is 10.1. The van der Waals surface area contributed by atoms with Crippen LogP contribution in [0, 0.1) is 13.8 Å². The van der Waals surface area contributed by atoms with E-state index in [1.54, 1.807) is 0 Å². The smallest absolute Gasteiger partial charge is 0.156 e. The van der Waals surface area contributed by atoms with Crippen molar-refractivity contribution >= 4 is 23.1 Å². The van der Waals surface area contributed by atoms with Gasteiger partial charge in [0.15, 0.2) is 11.0 Å². The molecule has 0 amide bonds. The molecule has 0 bridgehead atoms. The lowest BCUT2D eigenvalue weighted by Gasteiger charge is -2.11. The summed E-state index contributed by atoms with van der Waals surface area (Å²) >= 11 is 5.96. The topological polar surface area (TPSA) is 37.8 Å². The van der Waals surface area contributed by atoms with Gasteiger partial charge in [0.05, 0.1) is 0 Å². The molecule has 0 aliphatic carbocycles. The van der Waals surface area contributed by atoms with Crippen LogP contribution in [0.4, 0.5) is 11.5 Å². The molecule has 1 aromatic heterocycles. The summed E-state index contributed by atoms with van der Waals surface area (Å²) in [6.45, 7) is 6.15. The molecular weight excluding hydrogens is 270 g/mol. The summed E-state index contributed by atoms with van der Waals surface area (Å²) in [6, 6.07) is 8.47. The molecule has 1 heterocycles. The average Bonchev–Trinajstić information content (AvgIpc) is 2.47. The van der Waals surface area contributed by atoms with Crippen molar-refractivity contribution in [2.45, 2.75) is 40.0 Å². The van der Waals surface area contributed by atoms with Gasteiger partial charge in [0, 0.05) is 5.69 Å². The Morgan fingerprint density at radius 1 is 1.05 bits per heavy atom. The molecule has 0 unspecified atom stereocenters. The molecule has 0 spiro atoms. The van der Waals surface area contributed by atoms with Crippen molar-refractivity contribution < 1.29 is 0 Å². The van der Waals surface area contributed by atoms with E-state index in [9.17, 15) is 0 Å². The van der Waals surface area contributed by atoms with Crippen LogP contribution >= 0.6 is 11.6 Å². The van der Waals surface area contributed by atoms with Crippen molar-refractivity contribution in [1.82, 2.24) is 10.2 Å². The minimum Gasteiger partial charge on any atom is -0.339 e. The Morgan fingerprint density at radius 3 is 2.40 bits per heavy atom. The van der Waals surface area contributed by atoms with E-state index in [4.69, 9.17) is 11.6 Å². The van der Waals surface area contributed by atoms with Crippen LogP contribution < -0.4 is 5.32 Å². The highest BCUT2D eigenvalue weighted by Gasteiger charge is 2.08. The minimum absolute atomic E-state index is 0.461. The fourth-order valence-electron chi connectivity index (χ4n) is 1.97. The summed E-state index contributed by atoms with van der Waals surface area (Å²) in [6.07, 6.45) is 3.59. The first kappa shape index (κ1) is 14.8. The molecule has 0 radical (unpaired) electrons. The van der Waals surface area contributed by atoms with Gasteiger partial charge in [-0.15, -0.1) is 10.2 Å². The van der Waals surface area contributed by atoms with Crippen LogP contribution in [-0.4, -0.2) is 10.2 Å². The zero-order chi connectivity index (χ0) is 14.5. The quantitative estimate of drug-likeness (QED) is 0.856. The zero-order valence-corrected chi connectivity index (χ0v) is 13.0. The highest BCUT2D eigenvalue weighted by Crippen LogP contribution is 2.24. The number of hydrogen-bond donors (Lipinski definition) is 1. The van der Waals surface area contributed by atoms with Gasteiger partial charge >= 0.3 is 0 Å². The summed E-state index contributed by atoms with van der Waals surface area (Å²) < 4.78 is 0. The Labute approximate surface area is 125 Å². The van der Waals surface area contributed by atoms with Crippen LogP contribution in [0.5, 0.6) is 0 Å². The summed E-state index contributed by atoms with van der Waals surface area (Å²) in [5.41, 5.74) is 4.38. The van der Waals surface area contributed by atoms with Crippen molar-refractivity contribution in [1.29, 1.82) is 0 Å². The van der Waals surface area contributed by atoms with Gasteiger partial charge in [0.1, 0.15) is 0 Å². The number of unbranched alkanes of at least 4 members (excludes halogenated alkanes) is 1. The van der Waals surface area contributed by atoms with Crippen molar-refractivity contribution in [2.24, 2.45) is 0 Å². The van der Waals surface area contributed by atoms with E-state index in [1.165, 1.54) is 18.4 Å². The Morgan fingerprint density at radius 2 is 1.75 bits per heavy atom. The van der Waals surface area contributed by atoms with Gasteiger partial charge in [0.25, 0.3) is 0 Å². The second-order valence-electron chi connectivity index (χ2n) is 5.01. The molecule has 0 fully saturated rings. The molecule has 2 rings (SSSR count). The van der Waals surface area contributed by atoms with Crippen LogP contribution in [0.25, 0.3) is 0 Å². The van der Waals surface area contributed by atoms with Crippen LogP contribution in [0.1, 0.15) is 36.5 Å². The summed E-state index contributed by atoms with van der Waals surface area (Å²) in [5, 5.41) is 11.8. The number of nitrogens with zero attached hydrogens (tertiary/aromatic N) is 2. The van der Waals surface area contributed by atoms with E-state index in [1.807, 2.05) is 13.8 Å². The molecule has 0 saturated heterocycles. The minimum atomic E-state index is 0.461. The Balaban J connectivity index is 2.12. The highest BCUT2D eigenvalue weighted by molar-refractivity contribution is 6.30. The van der Waals surface area contributed by atoms with Gasteiger partial charge in [-0.3, -0.25) is 0 Å². The average molecular weight is 290 g/mol. The lowest BCUT2D eigenvalue weighted by Crippen LogP contribution is -2.01. The van der Waals surface area contributed by atoms with E-state index >= 15 is 0 Å². The molecule has 0 saturated carbocycles. The predicted molar refractivity (Wildman–Crippen MR) is 84.9 cm³/mol. The Kier molecular flexibility index (Phi) is 4.96. The van der Waals surface area contributed by atoms with E-state index in [0.29, 0.717) is 5.15 Å². The third kappa shape index (κ3) is 3.48. The molecule has 0 aliphatic rings. The molecule has 1 aromatic carbocycles. The van der Waals surface area contributed by atoms with E-state index < -0.39 is 0 Å². The van der Waals surface area contributed by atoms with Gasteiger partial charge < -0.3 is 5.32 Å². The first-order valence-electron chi connectivity index (χ1n) is 6.97. The van der Waals surface area contributed by atoms with E-state index in [-0.39, 0.29) is 0 Å². The van der Waals surface area contributed by atoms with Gasteiger partial charge in [-0.25, -0.2) is 0 Å². The van der Waals surface area contributed by atoms with E-state index in [0.717, 1.165) is 29.1 Å².